The van der Waals surface area contributed by atoms with Gasteiger partial charge in [-0.25, -0.2) is 4.98 Å². The second-order valence-corrected chi connectivity index (χ2v) is 6.80. The Morgan fingerprint density at radius 2 is 1.93 bits per heavy atom. The van der Waals surface area contributed by atoms with E-state index in [0.717, 1.165) is 25.2 Å². The van der Waals surface area contributed by atoms with E-state index in [1.54, 1.807) is 7.11 Å². The summed E-state index contributed by atoms with van der Waals surface area (Å²) in [6.45, 7) is 3.97. The third-order valence-corrected chi connectivity index (χ3v) is 4.92. The molecule has 158 valence electrons. The summed E-state index contributed by atoms with van der Waals surface area (Å²) in [4.78, 5) is 25.4. The lowest BCUT2D eigenvalue weighted by molar-refractivity contribution is 0.0944. The first kappa shape index (κ1) is 21.3. The maximum Gasteiger partial charge on any atom is 0.258 e. The number of ether oxygens (including phenoxy) is 2. The summed E-state index contributed by atoms with van der Waals surface area (Å²) in [5, 5.41) is 12.1. The van der Waals surface area contributed by atoms with Crippen LogP contribution < -0.4 is 19.9 Å². The molecule has 9 nitrogen and oxygen atoms in total. The first-order chi connectivity index (χ1) is 14.7. The molecule has 0 radical (unpaired) electrons. The van der Waals surface area contributed by atoms with Gasteiger partial charge in [-0.1, -0.05) is 12.1 Å². The molecular formula is C21H26N6O3. The zero-order valence-electron chi connectivity index (χ0n) is 17.3. The van der Waals surface area contributed by atoms with Crippen molar-refractivity contribution in [3.05, 3.63) is 41.6 Å². The molecule has 9 heteroatoms. The van der Waals surface area contributed by atoms with E-state index < -0.39 is 0 Å². The van der Waals surface area contributed by atoms with E-state index in [0.29, 0.717) is 43.3 Å². The van der Waals surface area contributed by atoms with E-state index in [4.69, 9.17) is 9.47 Å². The monoisotopic (exact) mass is 410 g/mol. The lowest BCUT2D eigenvalue weighted by atomic mass is 10.1. The van der Waals surface area contributed by atoms with Crippen molar-refractivity contribution in [1.29, 1.82) is 5.26 Å². The molecule has 30 heavy (non-hydrogen) atoms. The van der Waals surface area contributed by atoms with Crippen molar-refractivity contribution in [2.24, 2.45) is 0 Å². The number of benzene rings is 1. The Labute approximate surface area is 176 Å². The first-order valence-electron chi connectivity index (χ1n) is 9.85. The molecule has 0 spiro atoms. The maximum absolute atomic E-state index is 12.4. The Hall–Kier alpha value is -3.38. The molecule has 1 N–H and O–H groups in total. The van der Waals surface area contributed by atoms with Gasteiger partial charge in [-0.2, -0.15) is 10.2 Å². The zero-order valence-corrected chi connectivity index (χ0v) is 17.3. The Bertz CT molecular complexity index is 906. The molecule has 0 aliphatic carbocycles. The number of rotatable bonds is 8. The van der Waals surface area contributed by atoms with E-state index in [-0.39, 0.29) is 11.8 Å². The highest BCUT2D eigenvalue weighted by Crippen LogP contribution is 2.23. The molecule has 1 aromatic heterocycles. The highest BCUT2D eigenvalue weighted by Gasteiger charge is 2.23. The maximum atomic E-state index is 12.4. The minimum absolute atomic E-state index is 0.251. The number of anilines is 2. The molecular weight excluding hydrogens is 384 g/mol. The highest BCUT2D eigenvalue weighted by molar-refractivity contribution is 5.96. The number of hydrogen-bond donors (Lipinski definition) is 1. The van der Waals surface area contributed by atoms with Gasteiger partial charge in [0, 0.05) is 52.6 Å². The number of carbonyl (C=O) groups excluding carboxylic acids is 1. The number of amides is 1. The quantitative estimate of drug-likeness (QED) is 0.652. The smallest absolute Gasteiger partial charge is 0.258 e. The van der Waals surface area contributed by atoms with Crippen molar-refractivity contribution in [3.8, 4) is 11.9 Å². The van der Waals surface area contributed by atoms with E-state index in [1.165, 1.54) is 13.3 Å². The van der Waals surface area contributed by atoms with Crippen LogP contribution in [0, 0.1) is 11.3 Å². The van der Waals surface area contributed by atoms with Gasteiger partial charge in [-0.05, 0) is 18.6 Å². The number of hydrogen-bond acceptors (Lipinski definition) is 8. The fourth-order valence-corrected chi connectivity index (χ4v) is 3.33. The summed E-state index contributed by atoms with van der Waals surface area (Å²) in [7, 11) is 3.12. The molecule has 0 unspecified atom stereocenters. The summed E-state index contributed by atoms with van der Waals surface area (Å²) < 4.78 is 10.3. The topological polar surface area (TPSA) is 104 Å². The van der Waals surface area contributed by atoms with Crippen LogP contribution in [-0.2, 0) is 4.74 Å². The Kier molecular flexibility index (Phi) is 7.40. The normalized spacial score (nSPS) is 13.6. The molecule has 0 atom stereocenters. The van der Waals surface area contributed by atoms with Crippen LogP contribution in [0.4, 0.5) is 11.6 Å². The first-order valence-corrected chi connectivity index (χ1v) is 9.85. The average Bonchev–Trinajstić information content (AvgIpc) is 2.81. The predicted molar refractivity (Wildman–Crippen MR) is 113 cm³/mol. The fourth-order valence-electron chi connectivity index (χ4n) is 3.33. The number of para-hydroxylation sites is 1. The predicted octanol–water partition coefficient (Wildman–Crippen LogP) is 1.45. The largest absolute Gasteiger partial charge is 0.480 e. The summed E-state index contributed by atoms with van der Waals surface area (Å²) in [6, 6.07) is 9.85. The van der Waals surface area contributed by atoms with Gasteiger partial charge in [-0.15, -0.1) is 0 Å². The van der Waals surface area contributed by atoms with Crippen molar-refractivity contribution in [3.63, 3.8) is 0 Å². The van der Waals surface area contributed by atoms with Crippen molar-refractivity contribution in [2.45, 2.75) is 6.42 Å². The fraction of sp³-hybridized carbons (Fsp3) is 0.429. The van der Waals surface area contributed by atoms with Gasteiger partial charge in [-0.3, -0.25) is 4.79 Å². The number of nitrogens with zero attached hydrogens (tertiary/aromatic N) is 5. The number of piperazine rings is 1. The number of methoxy groups -OCH3 is 2. The van der Waals surface area contributed by atoms with Crippen molar-refractivity contribution in [2.75, 3.05) is 63.4 Å². The van der Waals surface area contributed by atoms with Gasteiger partial charge in [0.2, 0.25) is 11.8 Å². The summed E-state index contributed by atoms with van der Waals surface area (Å²) in [6.07, 6.45) is 2.23. The number of nitriles is 1. The Morgan fingerprint density at radius 3 is 2.63 bits per heavy atom. The summed E-state index contributed by atoms with van der Waals surface area (Å²) >= 11 is 0. The lowest BCUT2D eigenvalue weighted by Gasteiger charge is -2.36. The van der Waals surface area contributed by atoms with Crippen molar-refractivity contribution >= 4 is 17.5 Å². The molecule has 1 amide bonds. The molecule has 0 saturated carbocycles. The van der Waals surface area contributed by atoms with Crippen LogP contribution >= 0.6 is 0 Å². The van der Waals surface area contributed by atoms with Gasteiger partial charge >= 0.3 is 0 Å². The minimum Gasteiger partial charge on any atom is -0.480 e. The van der Waals surface area contributed by atoms with Crippen LogP contribution in [0.5, 0.6) is 5.88 Å². The van der Waals surface area contributed by atoms with Crippen LogP contribution in [0.1, 0.15) is 22.3 Å². The third kappa shape index (κ3) is 4.96. The van der Waals surface area contributed by atoms with Gasteiger partial charge in [0.25, 0.3) is 5.91 Å². The molecule has 1 fully saturated rings. The van der Waals surface area contributed by atoms with Gasteiger partial charge in [0.05, 0.1) is 18.4 Å². The third-order valence-electron chi connectivity index (χ3n) is 4.92. The molecule has 1 aromatic carbocycles. The highest BCUT2D eigenvalue weighted by atomic mass is 16.5. The second-order valence-electron chi connectivity index (χ2n) is 6.80. The number of carbonyl (C=O) groups is 1. The van der Waals surface area contributed by atoms with Crippen LogP contribution in [0.25, 0.3) is 0 Å². The van der Waals surface area contributed by atoms with Crippen LogP contribution in [-0.4, -0.2) is 69.4 Å². The second kappa shape index (κ2) is 10.4. The number of nitrogens with one attached hydrogen (secondary N) is 1. The molecule has 2 heterocycles. The minimum atomic E-state index is -0.271. The van der Waals surface area contributed by atoms with Crippen molar-refractivity contribution < 1.29 is 14.3 Å². The average molecular weight is 410 g/mol. The van der Waals surface area contributed by atoms with E-state index in [9.17, 15) is 10.1 Å². The molecule has 1 aliphatic heterocycles. The lowest BCUT2D eigenvalue weighted by Crippen LogP contribution is -2.47. The van der Waals surface area contributed by atoms with Gasteiger partial charge < -0.3 is 24.6 Å². The van der Waals surface area contributed by atoms with E-state index in [1.807, 2.05) is 29.2 Å². The number of aromatic nitrogens is 2. The van der Waals surface area contributed by atoms with Crippen LogP contribution in [0.2, 0.25) is 0 Å². The van der Waals surface area contributed by atoms with Gasteiger partial charge in [0.1, 0.15) is 11.6 Å². The van der Waals surface area contributed by atoms with E-state index >= 15 is 0 Å². The molecule has 3 rings (SSSR count). The van der Waals surface area contributed by atoms with Crippen molar-refractivity contribution in [1.82, 2.24) is 15.3 Å². The Morgan fingerprint density at radius 1 is 1.20 bits per heavy atom. The zero-order chi connectivity index (χ0) is 21.3. The molecule has 2 aromatic rings. The standard InChI is InChI=1S/C21H26N6O3/c1-29-13-5-8-23-19(28)17-15-24-21(25-20(17)30-2)27-11-9-26(10-12-27)18-7-4-3-6-16(18)14-22/h3-4,6-7,15H,5,8-13H2,1-2H3,(H,23,28). The Balaban J connectivity index is 1.64. The van der Waals surface area contributed by atoms with Crippen LogP contribution in [0.3, 0.4) is 0 Å². The molecule has 0 bridgehead atoms. The summed E-state index contributed by atoms with van der Waals surface area (Å²) in [5.41, 5.74) is 1.92. The molecule has 1 aliphatic rings. The van der Waals surface area contributed by atoms with Gasteiger partial charge in [0.15, 0.2) is 0 Å². The summed E-state index contributed by atoms with van der Waals surface area (Å²) in [5.74, 6) is 0.505. The van der Waals surface area contributed by atoms with Crippen LogP contribution in [0.15, 0.2) is 30.5 Å². The SMILES string of the molecule is COCCCNC(=O)c1cnc(N2CCN(c3ccccc3C#N)CC2)nc1OC. The molecule has 1 saturated heterocycles. The van der Waals surface area contributed by atoms with E-state index in [2.05, 4.69) is 26.3 Å².